The van der Waals surface area contributed by atoms with Gasteiger partial charge in [-0.05, 0) is 61.5 Å². The summed E-state index contributed by atoms with van der Waals surface area (Å²) in [6.45, 7) is 1.57. The number of hydrogen-bond donors (Lipinski definition) is 2. The van der Waals surface area contributed by atoms with Crippen molar-refractivity contribution >= 4 is 5.95 Å². The molecule has 5 aromatic rings. The number of aromatic nitrogens is 8. The predicted molar refractivity (Wildman–Crippen MR) is 145 cm³/mol. The Morgan fingerprint density at radius 3 is 1.79 bits per heavy atom. The van der Waals surface area contributed by atoms with Gasteiger partial charge in [-0.2, -0.15) is 0 Å². The molecule has 0 saturated carbocycles. The Kier molecular flexibility index (Phi) is 6.97. The average molecular weight is 508 g/mol. The molecule has 6 rings (SSSR count). The van der Waals surface area contributed by atoms with Crippen LogP contribution in [0.25, 0.3) is 0 Å². The van der Waals surface area contributed by atoms with Crippen LogP contribution in [0.5, 0.6) is 0 Å². The first-order chi connectivity index (χ1) is 18.7. The molecule has 38 heavy (non-hydrogen) atoms. The van der Waals surface area contributed by atoms with E-state index in [1.54, 1.807) is 0 Å². The maximum atomic E-state index is 6.00. The highest BCUT2D eigenvalue weighted by Gasteiger charge is 2.32. The van der Waals surface area contributed by atoms with Gasteiger partial charge in [-0.1, -0.05) is 71.1 Å². The molecule has 0 aliphatic heterocycles. The van der Waals surface area contributed by atoms with Gasteiger partial charge >= 0.3 is 0 Å². The number of fused-ring (bicyclic) bond motifs is 1. The first kappa shape index (κ1) is 24.1. The molecular formula is C29H33N9. The Labute approximate surface area is 222 Å². The number of nitrogens with zero attached hydrogens (tertiary/aromatic N) is 7. The van der Waals surface area contributed by atoms with E-state index in [0.717, 1.165) is 74.4 Å². The summed E-state index contributed by atoms with van der Waals surface area (Å²) < 4.78 is 3.99. The molecule has 0 saturated heterocycles. The molecule has 0 spiro atoms. The maximum absolute atomic E-state index is 6.00. The standard InChI is InChI=1S/C29H33N9/c30-29-31-27-15-23(17-37-19-25(33-35-37)13-11-21-7-3-1-4-8-21)24(16-28(27)32-29)18-38-20-26(34-36-38)14-12-22-9-5-2-6-10-22/h1-10,19-20,23-24H,11-18H2,(H3,30,31,32)/t23-,24-/m0/s1. The van der Waals surface area contributed by atoms with Gasteiger partial charge in [0.25, 0.3) is 0 Å². The number of rotatable bonds is 10. The Balaban J connectivity index is 1.12. The van der Waals surface area contributed by atoms with Crippen LogP contribution in [0.2, 0.25) is 0 Å². The molecular weight excluding hydrogens is 474 g/mol. The van der Waals surface area contributed by atoms with E-state index in [9.17, 15) is 0 Å². The molecule has 9 nitrogen and oxygen atoms in total. The number of anilines is 1. The summed E-state index contributed by atoms with van der Waals surface area (Å²) in [5.41, 5.74) is 12.9. The zero-order valence-electron chi connectivity index (χ0n) is 21.4. The van der Waals surface area contributed by atoms with Crippen LogP contribution in [0.4, 0.5) is 5.95 Å². The molecule has 1 aliphatic carbocycles. The van der Waals surface area contributed by atoms with Crippen LogP contribution in [0, 0.1) is 11.8 Å². The third-order valence-corrected chi connectivity index (χ3v) is 7.51. The first-order valence-electron chi connectivity index (χ1n) is 13.4. The van der Waals surface area contributed by atoms with Gasteiger partial charge in [0.15, 0.2) is 5.95 Å². The Hall–Kier alpha value is -4.27. The number of benzene rings is 2. The highest BCUT2D eigenvalue weighted by Crippen LogP contribution is 2.32. The first-order valence-corrected chi connectivity index (χ1v) is 13.4. The lowest BCUT2D eigenvalue weighted by Crippen LogP contribution is -2.32. The zero-order chi connectivity index (χ0) is 25.7. The average Bonchev–Trinajstić information content (AvgIpc) is 3.67. The van der Waals surface area contributed by atoms with E-state index in [2.05, 4.69) is 91.5 Å². The molecule has 0 bridgehead atoms. The molecule has 0 fully saturated rings. The van der Waals surface area contributed by atoms with Gasteiger partial charge in [0.05, 0.1) is 17.1 Å². The van der Waals surface area contributed by atoms with Crippen molar-refractivity contribution in [3.63, 3.8) is 0 Å². The van der Waals surface area contributed by atoms with E-state index in [4.69, 9.17) is 5.73 Å². The van der Waals surface area contributed by atoms with E-state index in [1.807, 2.05) is 21.5 Å². The number of H-pyrrole nitrogens is 1. The largest absolute Gasteiger partial charge is 0.369 e. The van der Waals surface area contributed by atoms with Gasteiger partial charge in [0, 0.05) is 31.2 Å². The van der Waals surface area contributed by atoms with Gasteiger partial charge in [-0.15, -0.1) is 10.2 Å². The Morgan fingerprint density at radius 2 is 1.24 bits per heavy atom. The zero-order valence-corrected chi connectivity index (χ0v) is 21.4. The SMILES string of the molecule is Nc1nc2c([nH]1)C[C@@H](Cn1cc(CCc3ccccc3)nn1)[C@H](Cn1cc(CCc3ccccc3)nn1)C2. The van der Waals surface area contributed by atoms with Crippen molar-refractivity contribution in [3.8, 4) is 0 Å². The summed E-state index contributed by atoms with van der Waals surface area (Å²) in [6.07, 6.45) is 9.58. The second kappa shape index (κ2) is 11.0. The number of nitrogens with one attached hydrogen (secondary N) is 1. The number of hydrogen-bond acceptors (Lipinski definition) is 6. The fraction of sp³-hybridized carbons (Fsp3) is 0.345. The molecule has 3 aromatic heterocycles. The maximum Gasteiger partial charge on any atom is 0.197 e. The summed E-state index contributed by atoms with van der Waals surface area (Å²) in [7, 11) is 0. The quantitative estimate of drug-likeness (QED) is 0.299. The summed E-state index contributed by atoms with van der Waals surface area (Å²) >= 11 is 0. The van der Waals surface area contributed by atoms with Crippen LogP contribution in [0.1, 0.15) is 33.9 Å². The molecule has 194 valence electrons. The number of nitrogen functional groups attached to an aromatic ring is 1. The summed E-state index contributed by atoms with van der Waals surface area (Å²) in [6, 6.07) is 21.0. The van der Waals surface area contributed by atoms with Crippen LogP contribution < -0.4 is 5.73 Å². The third kappa shape index (κ3) is 5.82. The fourth-order valence-corrected chi connectivity index (χ4v) is 5.48. The lowest BCUT2D eigenvalue weighted by Gasteiger charge is -2.30. The number of nitrogens with two attached hydrogens (primary N) is 1. The van der Waals surface area contributed by atoms with Crippen molar-refractivity contribution in [2.75, 3.05) is 5.73 Å². The molecule has 2 atom stereocenters. The van der Waals surface area contributed by atoms with Gasteiger partial charge in [0.2, 0.25) is 0 Å². The second-order valence-electron chi connectivity index (χ2n) is 10.3. The summed E-state index contributed by atoms with van der Waals surface area (Å²) in [5, 5.41) is 17.8. The van der Waals surface area contributed by atoms with Crippen molar-refractivity contribution in [1.82, 2.24) is 40.0 Å². The molecule has 0 unspecified atom stereocenters. The van der Waals surface area contributed by atoms with Crippen LogP contribution >= 0.6 is 0 Å². The lowest BCUT2D eigenvalue weighted by atomic mass is 9.79. The van der Waals surface area contributed by atoms with Crippen molar-refractivity contribution in [2.45, 2.75) is 51.6 Å². The van der Waals surface area contributed by atoms with Crippen molar-refractivity contribution in [3.05, 3.63) is 107 Å². The van der Waals surface area contributed by atoms with Crippen molar-refractivity contribution in [2.24, 2.45) is 11.8 Å². The van der Waals surface area contributed by atoms with E-state index >= 15 is 0 Å². The minimum atomic E-state index is 0.339. The predicted octanol–water partition coefficient (Wildman–Crippen LogP) is 3.48. The van der Waals surface area contributed by atoms with E-state index < -0.39 is 0 Å². The fourth-order valence-electron chi connectivity index (χ4n) is 5.48. The summed E-state index contributed by atoms with van der Waals surface area (Å²) in [4.78, 5) is 7.82. The smallest absolute Gasteiger partial charge is 0.197 e. The van der Waals surface area contributed by atoms with Crippen molar-refractivity contribution < 1.29 is 0 Å². The molecule has 1 aliphatic rings. The van der Waals surface area contributed by atoms with Gasteiger partial charge in [-0.3, -0.25) is 9.36 Å². The van der Waals surface area contributed by atoms with E-state index in [0.29, 0.717) is 17.8 Å². The Morgan fingerprint density at radius 1 is 0.711 bits per heavy atom. The van der Waals surface area contributed by atoms with E-state index in [-0.39, 0.29) is 0 Å². The molecule has 0 amide bonds. The molecule has 3 heterocycles. The van der Waals surface area contributed by atoms with Gasteiger partial charge < -0.3 is 10.7 Å². The topological polar surface area (TPSA) is 116 Å². The second-order valence-corrected chi connectivity index (χ2v) is 10.3. The number of aryl methyl sites for hydroxylation is 4. The normalized spacial score (nSPS) is 16.9. The van der Waals surface area contributed by atoms with Crippen LogP contribution in [-0.4, -0.2) is 40.0 Å². The van der Waals surface area contributed by atoms with Crippen molar-refractivity contribution in [1.29, 1.82) is 0 Å². The van der Waals surface area contributed by atoms with Gasteiger partial charge in [-0.25, -0.2) is 4.98 Å². The van der Waals surface area contributed by atoms with Crippen LogP contribution in [0.3, 0.4) is 0 Å². The monoisotopic (exact) mass is 507 g/mol. The van der Waals surface area contributed by atoms with Crippen LogP contribution in [0.15, 0.2) is 73.1 Å². The number of aromatic amines is 1. The lowest BCUT2D eigenvalue weighted by molar-refractivity contribution is 0.224. The minimum absolute atomic E-state index is 0.339. The number of imidazole rings is 1. The summed E-state index contributed by atoms with van der Waals surface area (Å²) in [5.74, 6) is 1.18. The highest BCUT2D eigenvalue weighted by atomic mass is 15.4. The van der Waals surface area contributed by atoms with Gasteiger partial charge in [0.1, 0.15) is 0 Å². The minimum Gasteiger partial charge on any atom is -0.369 e. The molecule has 2 aromatic carbocycles. The third-order valence-electron chi connectivity index (χ3n) is 7.51. The molecule has 0 radical (unpaired) electrons. The molecule has 3 N–H and O–H groups in total. The van der Waals surface area contributed by atoms with E-state index in [1.165, 1.54) is 11.1 Å². The molecule has 9 heteroatoms. The van der Waals surface area contributed by atoms with Crippen LogP contribution in [-0.2, 0) is 51.6 Å². The Bertz CT molecular complexity index is 1340. The highest BCUT2D eigenvalue weighted by molar-refractivity contribution is 5.29.